The van der Waals surface area contributed by atoms with Gasteiger partial charge < -0.3 is 19.3 Å². The number of fused-ring (bicyclic) bond motifs is 2. The van der Waals surface area contributed by atoms with Crippen LogP contribution in [-0.4, -0.2) is 25.3 Å². The lowest BCUT2D eigenvalue weighted by Gasteiger charge is -2.34. The second kappa shape index (κ2) is 10.5. The average molecular weight is 565 g/mol. The first-order chi connectivity index (χ1) is 19.4. The molecule has 0 amide bonds. The molecule has 8 heteroatoms. The van der Waals surface area contributed by atoms with Gasteiger partial charge in [0.1, 0.15) is 29.9 Å². The van der Waals surface area contributed by atoms with Crippen molar-refractivity contribution in [2.75, 3.05) is 14.2 Å². The number of benzene rings is 3. The lowest BCUT2D eigenvalue weighted by Crippen LogP contribution is -2.42. The second-order valence-corrected chi connectivity index (χ2v) is 11.6. The van der Waals surface area contributed by atoms with Crippen molar-refractivity contribution in [2.24, 2.45) is 11.3 Å². The van der Waals surface area contributed by atoms with Crippen molar-refractivity contribution in [1.29, 1.82) is 0 Å². The van der Waals surface area contributed by atoms with E-state index in [1.807, 2.05) is 26.8 Å². The Bertz CT molecular complexity index is 1600. The predicted molar refractivity (Wildman–Crippen MR) is 147 cm³/mol. The molecule has 3 aromatic rings. The smallest absolute Gasteiger partial charge is 0.320 e. The standard InChI is InChI=1S/C33H31F3O5/c1-32(2,3)30(40-5)23-14-18(6-8-20(23)22-15-19(39-4)7-9-25(22)34)17-41-27-16-26(35)21-10-12-33(28(21)29(27)36)13-11-24(33)31(37)38/h6-9,14-16,24,30H,10,12,17H2,1-5H3,(H,37,38)/t24-,30+,33-/m0/s1. The van der Waals surface area contributed by atoms with Gasteiger partial charge in [-0.25, -0.2) is 13.2 Å². The number of carbonyl (C=O) groups is 1. The first kappa shape index (κ1) is 28.6. The van der Waals surface area contributed by atoms with Crippen molar-refractivity contribution in [1.82, 2.24) is 0 Å². The largest absolute Gasteiger partial charge is 0.497 e. The zero-order valence-electron chi connectivity index (χ0n) is 23.5. The number of aliphatic carboxylic acids is 1. The number of halogens is 3. The molecule has 0 aliphatic heterocycles. The molecule has 0 unspecified atom stereocenters. The first-order valence-electron chi connectivity index (χ1n) is 13.3. The molecular formula is C33H31F3O5. The lowest BCUT2D eigenvalue weighted by atomic mass is 9.65. The van der Waals surface area contributed by atoms with E-state index in [9.17, 15) is 9.90 Å². The van der Waals surface area contributed by atoms with E-state index < -0.39 is 40.9 Å². The number of methoxy groups -OCH3 is 2. The minimum atomic E-state index is -1.25. The zero-order valence-corrected chi connectivity index (χ0v) is 23.5. The van der Waals surface area contributed by atoms with Gasteiger partial charge in [-0.2, -0.15) is 0 Å². The summed E-state index contributed by atoms with van der Waals surface area (Å²) >= 11 is 0. The highest BCUT2D eigenvalue weighted by molar-refractivity contribution is 5.82. The maximum Gasteiger partial charge on any atom is 0.320 e. The summed E-state index contributed by atoms with van der Waals surface area (Å²) in [4.78, 5) is 11.7. The summed E-state index contributed by atoms with van der Waals surface area (Å²) in [7, 11) is 3.09. The Labute approximate surface area is 237 Å². The molecule has 0 fully saturated rings. The molecule has 0 bridgehead atoms. The summed E-state index contributed by atoms with van der Waals surface area (Å²) in [5, 5.41) is 9.57. The molecule has 3 aromatic carbocycles. The summed E-state index contributed by atoms with van der Waals surface area (Å²) in [5.41, 5.74) is 0.774. The normalized spacial score (nSPS) is 19.7. The molecule has 1 spiro atoms. The minimum Gasteiger partial charge on any atom is -0.497 e. The Morgan fingerprint density at radius 1 is 1.07 bits per heavy atom. The van der Waals surface area contributed by atoms with Crippen LogP contribution in [0.4, 0.5) is 13.2 Å². The lowest BCUT2D eigenvalue weighted by molar-refractivity contribution is -0.141. The number of ether oxygens (including phenoxy) is 3. The molecule has 5 nitrogen and oxygen atoms in total. The molecule has 0 saturated carbocycles. The fraction of sp³-hybridized carbons (Fsp3) is 0.364. The van der Waals surface area contributed by atoms with E-state index in [1.165, 1.54) is 13.2 Å². The van der Waals surface area contributed by atoms with Crippen LogP contribution in [0.25, 0.3) is 11.1 Å². The van der Waals surface area contributed by atoms with E-state index in [0.29, 0.717) is 28.0 Å². The van der Waals surface area contributed by atoms with Crippen molar-refractivity contribution in [2.45, 2.75) is 51.7 Å². The third-order valence-corrected chi connectivity index (χ3v) is 7.96. The average Bonchev–Trinajstić information content (AvgIpc) is 3.33. The van der Waals surface area contributed by atoms with Crippen molar-refractivity contribution >= 4 is 5.97 Å². The van der Waals surface area contributed by atoms with Crippen molar-refractivity contribution < 1.29 is 37.3 Å². The molecular weight excluding hydrogens is 533 g/mol. The van der Waals surface area contributed by atoms with Crippen LogP contribution in [-0.2, 0) is 28.0 Å². The molecule has 1 N–H and O–H groups in total. The molecule has 0 radical (unpaired) electrons. The highest BCUT2D eigenvalue weighted by Gasteiger charge is 2.54. The van der Waals surface area contributed by atoms with E-state index in [-0.39, 0.29) is 41.7 Å². The topological polar surface area (TPSA) is 65.0 Å². The molecule has 214 valence electrons. The van der Waals surface area contributed by atoms with Crippen LogP contribution in [0.15, 0.2) is 42.5 Å². The van der Waals surface area contributed by atoms with Gasteiger partial charge >= 0.3 is 5.97 Å². The fourth-order valence-electron chi connectivity index (χ4n) is 6.02. The van der Waals surface area contributed by atoms with Crippen LogP contribution < -0.4 is 9.47 Å². The van der Waals surface area contributed by atoms with Crippen LogP contribution >= 0.6 is 0 Å². The SMILES string of the molecule is COc1ccc(F)c(-c2ccc(COc3cc(F)c4c(c3F)[C@]3(C#C[C@H]3C(=O)O)CC4)cc2[C@@H](OC)C(C)(C)C)c1. The van der Waals surface area contributed by atoms with Gasteiger partial charge in [-0.05, 0) is 64.8 Å². The Morgan fingerprint density at radius 3 is 2.44 bits per heavy atom. The third-order valence-electron chi connectivity index (χ3n) is 7.96. The van der Waals surface area contributed by atoms with Gasteiger partial charge in [0.15, 0.2) is 11.6 Å². The van der Waals surface area contributed by atoms with Crippen molar-refractivity contribution in [3.8, 4) is 34.5 Å². The van der Waals surface area contributed by atoms with E-state index in [4.69, 9.17) is 14.2 Å². The van der Waals surface area contributed by atoms with Gasteiger partial charge in [-0.1, -0.05) is 44.7 Å². The summed E-state index contributed by atoms with van der Waals surface area (Å²) in [5.74, 6) is 1.45. The van der Waals surface area contributed by atoms with E-state index in [2.05, 4.69) is 11.8 Å². The molecule has 0 heterocycles. The van der Waals surface area contributed by atoms with Gasteiger partial charge in [0.25, 0.3) is 0 Å². The Hall–Kier alpha value is -3.96. The Morgan fingerprint density at radius 2 is 1.83 bits per heavy atom. The van der Waals surface area contributed by atoms with E-state index in [0.717, 1.165) is 6.07 Å². The summed E-state index contributed by atoms with van der Waals surface area (Å²) < 4.78 is 62.9. The Balaban J connectivity index is 1.52. The van der Waals surface area contributed by atoms with Crippen LogP contribution in [0.5, 0.6) is 11.5 Å². The van der Waals surface area contributed by atoms with Gasteiger partial charge in [-0.15, -0.1) is 0 Å². The minimum absolute atomic E-state index is 0.0182. The molecule has 3 atom stereocenters. The Kier molecular flexibility index (Phi) is 7.29. The van der Waals surface area contributed by atoms with Crippen LogP contribution in [0, 0.1) is 40.6 Å². The highest BCUT2D eigenvalue weighted by atomic mass is 19.1. The van der Waals surface area contributed by atoms with E-state index >= 15 is 13.2 Å². The van der Waals surface area contributed by atoms with Crippen molar-refractivity contribution in [3.63, 3.8) is 0 Å². The summed E-state index contributed by atoms with van der Waals surface area (Å²) in [6, 6.07) is 10.8. The summed E-state index contributed by atoms with van der Waals surface area (Å²) in [6.07, 6.45) is -0.00375. The van der Waals surface area contributed by atoms with Crippen LogP contribution in [0.3, 0.4) is 0 Å². The zero-order chi connectivity index (χ0) is 29.7. The van der Waals surface area contributed by atoms with Gasteiger partial charge in [0.2, 0.25) is 0 Å². The highest BCUT2D eigenvalue weighted by Crippen LogP contribution is 2.51. The molecule has 41 heavy (non-hydrogen) atoms. The maximum absolute atomic E-state index is 15.8. The number of hydrogen-bond donors (Lipinski definition) is 1. The predicted octanol–water partition coefficient (Wildman–Crippen LogP) is 6.99. The van der Waals surface area contributed by atoms with Gasteiger partial charge in [-0.3, -0.25) is 4.79 Å². The molecule has 0 saturated heterocycles. The molecule has 2 aliphatic carbocycles. The number of carboxylic acid groups (broad SMARTS) is 1. The van der Waals surface area contributed by atoms with Gasteiger partial charge in [0, 0.05) is 24.3 Å². The van der Waals surface area contributed by atoms with Crippen molar-refractivity contribution in [3.05, 3.63) is 82.2 Å². The summed E-state index contributed by atoms with van der Waals surface area (Å²) in [6.45, 7) is 5.89. The molecule has 2 aliphatic rings. The number of rotatable bonds is 8. The number of carboxylic acids is 1. The molecule has 5 rings (SSSR count). The fourth-order valence-corrected chi connectivity index (χ4v) is 6.02. The maximum atomic E-state index is 15.8. The quantitative estimate of drug-likeness (QED) is 0.299. The molecule has 0 aromatic heterocycles. The number of hydrogen-bond acceptors (Lipinski definition) is 4. The second-order valence-electron chi connectivity index (χ2n) is 11.6. The first-order valence-corrected chi connectivity index (χ1v) is 13.3. The van der Waals surface area contributed by atoms with Gasteiger partial charge in [0.05, 0.1) is 18.6 Å². The van der Waals surface area contributed by atoms with Crippen LogP contribution in [0.2, 0.25) is 0 Å². The third kappa shape index (κ3) is 4.82. The monoisotopic (exact) mass is 564 g/mol. The van der Waals surface area contributed by atoms with Crippen LogP contribution in [0.1, 0.15) is 55.5 Å². The van der Waals surface area contributed by atoms with E-state index in [1.54, 1.807) is 31.4 Å².